The Morgan fingerprint density at radius 3 is 2.75 bits per heavy atom. The molecule has 0 N–H and O–H groups in total. The van der Waals surface area contributed by atoms with Crippen molar-refractivity contribution in [2.45, 2.75) is 5.75 Å². The predicted molar refractivity (Wildman–Crippen MR) is 55.7 cm³/mol. The molecule has 0 aliphatic carbocycles. The van der Waals surface area contributed by atoms with Gasteiger partial charge in [-0.05, 0) is 17.0 Å². The average molecular weight is 174 g/mol. The third kappa shape index (κ3) is 3.32. The van der Waals surface area contributed by atoms with Gasteiger partial charge in [-0.2, -0.15) is 0 Å². The van der Waals surface area contributed by atoms with E-state index in [0.717, 1.165) is 5.75 Å². The van der Waals surface area contributed by atoms with Gasteiger partial charge in [0.1, 0.15) is 0 Å². The third-order valence-corrected chi connectivity index (χ3v) is 2.18. The van der Waals surface area contributed by atoms with Crippen LogP contribution < -0.4 is 0 Å². The molecule has 0 saturated carbocycles. The first-order valence-electron chi connectivity index (χ1n) is 3.70. The van der Waals surface area contributed by atoms with Crippen molar-refractivity contribution in [1.29, 1.82) is 0 Å². The largest absolute Gasteiger partial charge is 0.129 e. The molecule has 0 atom stereocenters. The molecule has 1 rings (SSSR count). The lowest BCUT2D eigenvalue weighted by Gasteiger charge is -1.94. The molecule has 0 amide bonds. The van der Waals surface area contributed by atoms with Gasteiger partial charge in [-0.25, -0.2) is 0 Å². The van der Waals surface area contributed by atoms with Gasteiger partial charge in [0.25, 0.3) is 0 Å². The van der Waals surface area contributed by atoms with Crippen LogP contribution in [0.3, 0.4) is 0 Å². The van der Waals surface area contributed by atoms with E-state index in [2.05, 4.69) is 18.1 Å². The van der Waals surface area contributed by atoms with E-state index < -0.39 is 0 Å². The molecule has 0 aliphatic heterocycles. The lowest BCUT2D eigenvalue weighted by atomic mass is 10.2. The van der Waals surface area contributed by atoms with Gasteiger partial charge < -0.3 is 0 Å². The lowest BCUT2D eigenvalue weighted by Crippen LogP contribution is -1.75. The monoisotopic (exact) mass is 174 g/mol. The smallest absolute Gasteiger partial charge is 0.0226 e. The molecule has 0 aromatic heterocycles. The second-order valence-corrected chi connectivity index (χ2v) is 3.16. The summed E-state index contributed by atoms with van der Waals surface area (Å²) < 4.78 is 0. The zero-order chi connectivity index (χ0) is 8.65. The van der Waals surface area contributed by atoms with E-state index in [1.807, 2.05) is 23.6 Å². The maximum atomic E-state index is 5.06. The van der Waals surface area contributed by atoms with Crippen molar-refractivity contribution < 1.29 is 0 Å². The molecule has 60 valence electrons. The highest BCUT2D eigenvalue weighted by Crippen LogP contribution is 2.11. The summed E-state index contributed by atoms with van der Waals surface area (Å²) in [6.45, 7) is 0. The Bertz CT molecular complexity index is 280. The molecule has 0 bridgehead atoms. The number of thioether (sulfide) groups is 1. The van der Waals surface area contributed by atoms with Crippen molar-refractivity contribution >= 4 is 11.8 Å². The zero-order valence-corrected chi connectivity index (χ0v) is 7.55. The second-order valence-electron chi connectivity index (χ2n) is 2.27. The van der Waals surface area contributed by atoms with Gasteiger partial charge in [0, 0.05) is 5.75 Å². The average Bonchev–Trinajstić information content (AvgIpc) is 2.14. The van der Waals surface area contributed by atoms with E-state index >= 15 is 0 Å². The molecular weight excluding hydrogens is 164 g/mol. The van der Waals surface area contributed by atoms with Crippen LogP contribution in [0.2, 0.25) is 0 Å². The van der Waals surface area contributed by atoms with Gasteiger partial charge in [0.2, 0.25) is 0 Å². The summed E-state index contributed by atoms with van der Waals surface area (Å²) in [5.41, 5.74) is 1.32. The first-order valence-corrected chi connectivity index (χ1v) is 4.75. The Morgan fingerprint density at radius 2 is 2.08 bits per heavy atom. The van der Waals surface area contributed by atoms with Gasteiger partial charge in [-0.1, -0.05) is 36.3 Å². The molecule has 0 nitrogen and oxygen atoms in total. The minimum atomic E-state index is 0.985. The molecule has 1 aromatic rings. The summed E-state index contributed by atoms with van der Waals surface area (Å²) in [7, 11) is 0. The number of hydrogen-bond acceptors (Lipinski definition) is 1. The standard InChI is InChI=1S/C11H10S/c1-2-3-9-12-10-11-7-5-4-6-8-11/h1,3-9H,10H2/b9-3+. The van der Waals surface area contributed by atoms with Gasteiger partial charge in [-0.3, -0.25) is 0 Å². The fourth-order valence-corrected chi connectivity index (χ4v) is 1.46. The maximum absolute atomic E-state index is 5.06. The number of terminal acetylenes is 1. The first kappa shape index (κ1) is 8.96. The quantitative estimate of drug-likeness (QED) is 0.635. The van der Waals surface area contributed by atoms with Crippen LogP contribution in [0.15, 0.2) is 41.8 Å². The Kier molecular flexibility index (Phi) is 4.12. The van der Waals surface area contributed by atoms with E-state index in [4.69, 9.17) is 6.42 Å². The normalized spacial score (nSPS) is 9.92. The van der Waals surface area contributed by atoms with Gasteiger partial charge in [-0.15, -0.1) is 18.2 Å². The van der Waals surface area contributed by atoms with Crippen LogP contribution in [-0.2, 0) is 5.75 Å². The highest BCUT2D eigenvalue weighted by molar-refractivity contribution is 8.01. The molecule has 12 heavy (non-hydrogen) atoms. The SMILES string of the molecule is C#C/C=C/SCc1ccccc1. The Hall–Kier alpha value is -1.13. The summed E-state index contributed by atoms with van der Waals surface area (Å²) in [5.74, 6) is 3.44. The van der Waals surface area contributed by atoms with Crippen LogP contribution in [0.5, 0.6) is 0 Å². The van der Waals surface area contributed by atoms with Crippen LogP contribution in [0.1, 0.15) is 5.56 Å². The van der Waals surface area contributed by atoms with E-state index in [1.54, 1.807) is 17.8 Å². The van der Waals surface area contributed by atoms with E-state index in [1.165, 1.54) is 5.56 Å². The predicted octanol–water partition coefficient (Wildman–Crippen LogP) is 3.07. The Morgan fingerprint density at radius 1 is 1.33 bits per heavy atom. The minimum absolute atomic E-state index is 0.985. The van der Waals surface area contributed by atoms with E-state index in [-0.39, 0.29) is 0 Å². The summed E-state index contributed by atoms with van der Waals surface area (Å²) in [6.07, 6.45) is 6.77. The first-order chi connectivity index (χ1) is 5.93. The van der Waals surface area contributed by atoms with Gasteiger partial charge in [0.05, 0.1) is 0 Å². The highest BCUT2D eigenvalue weighted by Gasteiger charge is 1.87. The number of benzene rings is 1. The molecule has 1 heteroatoms. The summed E-state index contributed by atoms with van der Waals surface area (Å²) in [6, 6.07) is 10.3. The highest BCUT2D eigenvalue weighted by atomic mass is 32.2. The van der Waals surface area contributed by atoms with Crippen molar-refractivity contribution in [2.24, 2.45) is 0 Å². The Balaban J connectivity index is 2.35. The molecule has 1 aromatic carbocycles. The lowest BCUT2D eigenvalue weighted by molar-refractivity contribution is 1.42. The molecular formula is C11H10S. The topological polar surface area (TPSA) is 0 Å². The number of rotatable bonds is 3. The van der Waals surface area contributed by atoms with Gasteiger partial charge >= 0.3 is 0 Å². The van der Waals surface area contributed by atoms with Crippen LogP contribution in [0, 0.1) is 12.3 Å². The molecule has 0 spiro atoms. The summed E-state index contributed by atoms with van der Waals surface area (Å²) in [4.78, 5) is 0. The Labute approximate surface area is 77.7 Å². The third-order valence-electron chi connectivity index (χ3n) is 1.35. The maximum Gasteiger partial charge on any atom is 0.0226 e. The summed E-state index contributed by atoms with van der Waals surface area (Å²) in [5, 5.41) is 1.94. The van der Waals surface area contributed by atoms with Crippen molar-refractivity contribution in [3.8, 4) is 12.3 Å². The van der Waals surface area contributed by atoms with Crippen molar-refractivity contribution in [3.05, 3.63) is 47.4 Å². The van der Waals surface area contributed by atoms with Crippen LogP contribution >= 0.6 is 11.8 Å². The molecule has 0 heterocycles. The van der Waals surface area contributed by atoms with E-state index in [0.29, 0.717) is 0 Å². The van der Waals surface area contributed by atoms with Crippen molar-refractivity contribution in [2.75, 3.05) is 0 Å². The van der Waals surface area contributed by atoms with Crippen molar-refractivity contribution in [1.82, 2.24) is 0 Å². The molecule has 0 aliphatic rings. The molecule has 0 fully saturated rings. The zero-order valence-electron chi connectivity index (χ0n) is 6.73. The van der Waals surface area contributed by atoms with Crippen LogP contribution in [0.25, 0.3) is 0 Å². The fourth-order valence-electron chi connectivity index (χ4n) is 0.806. The molecule has 0 unspecified atom stereocenters. The van der Waals surface area contributed by atoms with Gasteiger partial charge in [0.15, 0.2) is 0 Å². The second kappa shape index (κ2) is 5.51. The molecule has 0 radical (unpaired) electrons. The van der Waals surface area contributed by atoms with E-state index in [9.17, 15) is 0 Å². The minimum Gasteiger partial charge on any atom is -0.129 e. The fraction of sp³-hybridized carbons (Fsp3) is 0.0909. The van der Waals surface area contributed by atoms with Crippen LogP contribution in [-0.4, -0.2) is 0 Å². The summed E-state index contributed by atoms with van der Waals surface area (Å²) >= 11 is 1.71. The molecule has 0 saturated heterocycles. The van der Waals surface area contributed by atoms with Crippen molar-refractivity contribution in [3.63, 3.8) is 0 Å². The number of hydrogen-bond donors (Lipinski definition) is 0. The number of allylic oxidation sites excluding steroid dienone is 1. The van der Waals surface area contributed by atoms with Crippen LogP contribution in [0.4, 0.5) is 0 Å².